The molecule has 2 fully saturated rings. The highest BCUT2D eigenvalue weighted by Gasteiger charge is 2.42. The van der Waals surface area contributed by atoms with Gasteiger partial charge in [-0.05, 0) is 67.2 Å². The van der Waals surface area contributed by atoms with Gasteiger partial charge < -0.3 is 15.1 Å². The molecule has 1 aliphatic heterocycles. The summed E-state index contributed by atoms with van der Waals surface area (Å²) in [4.78, 5) is 40.5. The maximum Gasteiger partial charge on any atom is 0.224 e. The van der Waals surface area contributed by atoms with Crippen molar-refractivity contribution in [3.8, 4) is 0 Å². The first-order chi connectivity index (χ1) is 13.9. The molecule has 1 heterocycles. The number of nitrogens with zero attached hydrogens (tertiary/aromatic N) is 2. The van der Waals surface area contributed by atoms with Gasteiger partial charge in [-0.2, -0.15) is 0 Å². The Morgan fingerprint density at radius 3 is 2.72 bits per heavy atom. The summed E-state index contributed by atoms with van der Waals surface area (Å²) in [5.41, 5.74) is 3.53. The average molecular weight is 398 g/mol. The average Bonchev–Trinajstić information content (AvgIpc) is 3.32. The first-order valence-electron chi connectivity index (χ1n) is 10.8. The highest BCUT2D eigenvalue weighted by atomic mass is 16.2. The van der Waals surface area contributed by atoms with Crippen LogP contribution < -0.4 is 5.32 Å². The van der Waals surface area contributed by atoms with Crippen molar-refractivity contribution in [2.75, 3.05) is 26.0 Å². The van der Waals surface area contributed by atoms with Crippen molar-refractivity contribution in [1.82, 2.24) is 9.80 Å². The number of rotatable bonds is 5. The molecule has 4 rings (SSSR count). The van der Waals surface area contributed by atoms with Crippen molar-refractivity contribution in [2.45, 2.75) is 57.4 Å². The van der Waals surface area contributed by atoms with Gasteiger partial charge in [-0.1, -0.05) is 6.07 Å². The largest absolute Gasteiger partial charge is 0.345 e. The van der Waals surface area contributed by atoms with Crippen LogP contribution in [0.15, 0.2) is 18.2 Å². The van der Waals surface area contributed by atoms with E-state index in [9.17, 15) is 14.4 Å². The van der Waals surface area contributed by atoms with Crippen molar-refractivity contribution in [2.24, 2.45) is 11.8 Å². The maximum absolute atomic E-state index is 12.6. The van der Waals surface area contributed by atoms with Crippen LogP contribution in [0.25, 0.3) is 0 Å². The number of carbonyl (C=O) groups excluding carboxylic acids is 3. The summed E-state index contributed by atoms with van der Waals surface area (Å²) < 4.78 is 0. The first kappa shape index (κ1) is 19.9. The number of anilines is 1. The summed E-state index contributed by atoms with van der Waals surface area (Å²) in [5.74, 6) is 0.988. The van der Waals surface area contributed by atoms with Gasteiger partial charge in [0.15, 0.2) is 0 Å². The van der Waals surface area contributed by atoms with Crippen molar-refractivity contribution < 1.29 is 14.4 Å². The predicted molar refractivity (Wildman–Crippen MR) is 111 cm³/mol. The summed E-state index contributed by atoms with van der Waals surface area (Å²) in [5, 5.41) is 2.93. The van der Waals surface area contributed by atoms with Crippen LogP contribution in [0.3, 0.4) is 0 Å². The minimum atomic E-state index is -0.114. The zero-order chi connectivity index (χ0) is 20.5. The van der Waals surface area contributed by atoms with Crippen LogP contribution in [0.2, 0.25) is 0 Å². The molecule has 0 aromatic heterocycles. The van der Waals surface area contributed by atoms with Crippen LogP contribution in [-0.2, 0) is 27.2 Å². The van der Waals surface area contributed by atoms with Gasteiger partial charge in [0.1, 0.15) is 0 Å². The lowest BCUT2D eigenvalue weighted by atomic mass is 9.88. The molecule has 3 aliphatic rings. The van der Waals surface area contributed by atoms with Gasteiger partial charge in [-0.3, -0.25) is 14.4 Å². The van der Waals surface area contributed by atoms with Crippen molar-refractivity contribution in [3.63, 3.8) is 0 Å². The van der Waals surface area contributed by atoms with Gasteiger partial charge in [-0.15, -0.1) is 0 Å². The highest BCUT2D eigenvalue weighted by molar-refractivity contribution is 5.93. The molecule has 1 saturated carbocycles. The summed E-state index contributed by atoms with van der Waals surface area (Å²) in [6.07, 6.45) is 6.24. The van der Waals surface area contributed by atoms with Gasteiger partial charge in [0.2, 0.25) is 17.7 Å². The Morgan fingerprint density at radius 2 is 1.90 bits per heavy atom. The number of nitrogens with one attached hydrogen (secondary N) is 1. The molecule has 0 radical (unpaired) electrons. The third-order valence-electron chi connectivity index (χ3n) is 7.08. The van der Waals surface area contributed by atoms with E-state index in [-0.39, 0.29) is 36.6 Å². The van der Waals surface area contributed by atoms with E-state index in [0.29, 0.717) is 18.3 Å². The Hall–Kier alpha value is -2.37. The Morgan fingerprint density at radius 1 is 1.14 bits per heavy atom. The van der Waals surface area contributed by atoms with E-state index in [1.165, 1.54) is 17.5 Å². The Kier molecular flexibility index (Phi) is 5.61. The molecule has 3 atom stereocenters. The van der Waals surface area contributed by atoms with Crippen molar-refractivity contribution >= 4 is 23.4 Å². The maximum atomic E-state index is 12.6. The third-order valence-corrected chi connectivity index (χ3v) is 7.08. The van der Waals surface area contributed by atoms with Crippen LogP contribution in [0.5, 0.6) is 0 Å². The van der Waals surface area contributed by atoms with Gasteiger partial charge in [0, 0.05) is 51.6 Å². The van der Waals surface area contributed by atoms with Crippen LogP contribution in [0, 0.1) is 11.8 Å². The SMILES string of the molecule is CN1C[C@@H]2C[C@H](N(C)C(=O)CCC(=O)Nc3ccc4c(c3)CCC4)C[C@@H]2CC1=O. The number of hydrogen-bond donors (Lipinski definition) is 1. The molecular weight excluding hydrogens is 366 g/mol. The number of fused-ring (bicyclic) bond motifs is 2. The highest BCUT2D eigenvalue weighted by Crippen LogP contribution is 2.40. The van der Waals surface area contributed by atoms with Crippen LogP contribution >= 0.6 is 0 Å². The molecule has 0 bridgehead atoms. The van der Waals surface area contributed by atoms with Crippen molar-refractivity contribution in [1.29, 1.82) is 0 Å². The summed E-state index contributed by atoms with van der Waals surface area (Å²) in [6, 6.07) is 6.29. The lowest BCUT2D eigenvalue weighted by Crippen LogP contribution is -2.40. The molecule has 1 N–H and O–H groups in total. The van der Waals surface area contributed by atoms with E-state index in [0.717, 1.165) is 37.9 Å². The molecule has 6 heteroatoms. The smallest absolute Gasteiger partial charge is 0.224 e. The molecule has 156 valence electrons. The van der Waals surface area contributed by atoms with Crippen LogP contribution in [0.4, 0.5) is 5.69 Å². The summed E-state index contributed by atoms with van der Waals surface area (Å²) >= 11 is 0. The minimum Gasteiger partial charge on any atom is -0.345 e. The van der Waals surface area contributed by atoms with E-state index in [1.54, 1.807) is 0 Å². The summed E-state index contributed by atoms with van der Waals surface area (Å²) in [6.45, 7) is 0.797. The molecule has 1 aromatic rings. The Bertz CT molecular complexity index is 822. The number of benzene rings is 1. The lowest BCUT2D eigenvalue weighted by molar-refractivity contribution is -0.135. The monoisotopic (exact) mass is 397 g/mol. The lowest BCUT2D eigenvalue weighted by Gasteiger charge is -2.31. The molecule has 29 heavy (non-hydrogen) atoms. The van der Waals surface area contributed by atoms with E-state index >= 15 is 0 Å². The molecular formula is C23H31N3O3. The second-order valence-corrected chi connectivity index (χ2v) is 9.01. The van der Waals surface area contributed by atoms with Crippen LogP contribution in [-0.4, -0.2) is 54.2 Å². The van der Waals surface area contributed by atoms with E-state index in [4.69, 9.17) is 0 Å². The number of likely N-dealkylation sites (tertiary alicyclic amines) is 1. The number of piperidine rings is 1. The van der Waals surface area contributed by atoms with Gasteiger partial charge in [0.05, 0.1) is 0 Å². The topological polar surface area (TPSA) is 69.7 Å². The van der Waals surface area contributed by atoms with E-state index in [1.807, 2.05) is 30.0 Å². The third kappa shape index (κ3) is 4.31. The van der Waals surface area contributed by atoms with Gasteiger partial charge in [0.25, 0.3) is 0 Å². The minimum absolute atomic E-state index is 0.0115. The number of carbonyl (C=O) groups is 3. The molecule has 0 unspecified atom stereocenters. The second-order valence-electron chi connectivity index (χ2n) is 9.01. The van der Waals surface area contributed by atoms with Crippen molar-refractivity contribution in [3.05, 3.63) is 29.3 Å². The fourth-order valence-electron chi connectivity index (χ4n) is 5.28. The van der Waals surface area contributed by atoms with E-state index in [2.05, 4.69) is 17.4 Å². The Balaban J connectivity index is 1.25. The zero-order valence-electron chi connectivity index (χ0n) is 17.4. The fourth-order valence-corrected chi connectivity index (χ4v) is 5.28. The number of aryl methyl sites for hydroxylation is 2. The van der Waals surface area contributed by atoms with Crippen LogP contribution in [0.1, 0.15) is 49.7 Å². The molecule has 2 aliphatic carbocycles. The number of hydrogen-bond acceptors (Lipinski definition) is 3. The predicted octanol–water partition coefficient (Wildman–Crippen LogP) is 2.61. The normalized spacial score (nSPS) is 25.5. The molecule has 0 spiro atoms. The van der Waals surface area contributed by atoms with E-state index < -0.39 is 0 Å². The van der Waals surface area contributed by atoms with Gasteiger partial charge >= 0.3 is 0 Å². The zero-order valence-corrected chi connectivity index (χ0v) is 17.4. The standard InChI is InChI=1S/C23H31N3O3/c1-25-14-18-12-20(11-17(18)13-23(25)29)26(2)22(28)9-8-21(27)24-19-7-6-15-4-3-5-16(15)10-19/h6-7,10,17-18,20H,3-5,8-9,11-14H2,1-2H3,(H,24,27)/t17-,18+,20-/m1/s1. The molecule has 1 aromatic carbocycles. The first-order valence-corrected chi connectivity index (χ1v) is 10.8. The quantitative estimate of drug-likeness (QED) is 0.830. The Labute approximate surface area is 172 Å². The molecule has 1 saturated heterocycles. The van der Waals surface area contributed by atoms with Gasteiger partial charge in [-0.25, -0.2) is 0 Å². The molecule has 3 amide bonds. The molecule has 6 nitrogen and oxygen atoms in total. The summed E-state index contributed by atoms with van der Waals surface area (Å²) in [7, 11) is 3.70. The number of amides is 3. The fraction of sp³-hybridized carbons (Fsp3) is 0.609. The second kappa shape index (κ2) is 8.17.